The third-order valence-corrected chi connectivity index (χ3v) is 4.17. The van der Waals surface area contributed by atoms with Gasteiger partial charge in [-0.15, -0.1) is 0 Å². The molecule has 1 saturated heterocycles. The molecule has 5 nitrogen and oxygen atoms in total. The van der Waals surface area contributed by atoms with Crippen LogP contribution in [0.1, 0.15) is 45.4 Å². The van der Waals surface area contributed by atoms with Crippen LogP contribution in [0, 0.1) is 5.92 Å². The number of hydrogen-bond acceptors (Lipinski definition) is 4. The van der Waals surface area contributed by atoms with Gasteiger partial charge in [0.2, 0.25) is 5.91 Å². The Morgan fingerprint density at radius 3 is 2.68 bits per heavy atom. The number of hydrogen-bond donors (Lipinski definition) is 1. The van der Waals surface area contributed by atoms with Gasteiger partial charge in [-0.1, -0.05) is 0 Å². The maximum absolute atomic E-state index is 12.5. The van der Waals surface area contributed by atoms with Gasteiger partial charge in [0.05, 0.1) is 6.61 Å². The third kappa shape index (κ3) is 3.26. The molecule has 0 aromatic carbocycles. The van der Waals surface area contributed by atoms with Crippen LogP contribution in [0.3, 0.4) is 0 Å². The maximum Gasteiger partial charge on any atom is 0.328 e. The molecule has 1 aliphatic carbocycles. The molecule has 2 fully saturated rings. The molecule has 5 heteroatoms. The first-order valence-electron chi connectivity index (χ1n) is 7.36. The second-order valence-electron chi connectivity index (χ2n) is 5.57. The predicted molar refractivity (Wildman–Crippen MR) is 71.3 cm³/mol. The second kappa shape index (κ2) is 6.37. The van der Waals surface area contributed by atoms with E-state index in [4.69, 9.17) is 10.5 Å². The van der Waals surface area contributed by atoms with Crippen molar-refractivity contribution in [3.63, 3.8) is 0 Å². The lowest BCUT2D eigenvalue weighted by atomic mass is 9.98. The van der Waals surface area contributed by atoms with Crippen molar-refractivity contribution < 1.29 is 14.3 Å². The van der Waals surface area contributed by atoms with E-state index in [1.165, 1.54) is 0 Å². The van der Waals surface area contributed by atoms with Crippen LogP contribution in [0.4, 0.5) is 0 Å². The average Bonchev–Trinajstić information content (AvgIpc) is 2.85. The largest absolute Gasteiger partial charge is 0.464 e. The van der Waals surface area contributed by atoms with Crippen molar-refractivity contribution in [3.05, 3.63) is 0 Å². The highest BCUT2D eigenvalue weighted by Gasteiger charge is 2.38. The van der Waals surface area contributed by atoms with E-state index >= 15 is 0 Å². The third-order valence-electron chi connectivity index (χ3n) is 4.17. The number of piperidine rings is 1. The fourth-order valence-electron chi connectivity index (χ4n) is 3.15. The Morgan fingerprint density at radius 2 is 2.05 bits per heavy atom. The molecule has 2 rings (SSSR count). The molecular weight excluding hydrogens is 244 g/mol. The predicted octanol–water partition coefficient (Wildman–Crippen LogP) is 1.06. The van der Waals surface area contributed by atoms with Gasteiger partial charge in [0.25, 0.3) is 0 Å². The van der Waals surface area contributed by atoms with Gasteiger partial charge in [0.15, 0.2) is 0 Å². The van der Waals surface area contributed by atoms with Gasteiger partial charge < -0.3 is 15.4 Å². The second-order valence-corrected chi connectivity index (χ2v) is 5.57. The molecular formula is C14H24N2O3. The summed E-state index contributed by atoms with van der Waals surface area (Å²) in [6.07, 6.45) is 5.20. The molecule has 1 saturated carbocycles. The summed E-state index contributed by atoms with van der Waals surface area (Å²) in [6.45, 7) is 2.84. The van der Waals surface area contributed by atoms with E-state index in [1.54, 1.807) is 11.8 Å². The van der Waals surface area contributed by atoms with Gasteiger partial charge in [-0.25, -0.2) is 4.79 Å². The average molecular weight is 268 g/mol. The van der Waals surface area contributed by atoms with E-state index < -0.39 is 0 Å². The zero-order valence-corrected chi connectivity index (χ0v) is 11.6. The van der Waals surface area contributed by atoms with Crippen LogP contribution in [-0.4, -0.2) is 42.0 Å². The first-order chi connectivity index (χ1) is 9.13. The summed E-state index contributed by atoms with van der Waals surface area (Å²) >= 11 is 0. The highest BCUT2D eigenvalue weighted by Crippen LogP contribution is 2.29. The van der Waals surface area contributed by atoms with Crippen molar-refractivity contribution in [1.82, 2.24) is 4.90 Å². The Kier molecular flexibility index (Phi) is 4.80. The van der Waals surface area contributed by atoms with Crippen LogP contribution >= 0.6 is 0 Å². The van der Waals surface area contributed by atoms with E-state index in [9.17, 15) is 9.59 Å². The number of carbonyl (C=O) groups is 2. The smallest absolute Gasteiger partial charge is 0.328 e. The molecule has 0 spiro atoms. The summed E-state index contributed by atoms with van der Waals surface area (Å²) in [7, 11) is 0. The Hall–Kier alpha value is -1.10. The topological polar surface area (TPSA) is 72.6 Å². The Bertz CT molecular complexity index is 346. The van der Waals surface area contributed by atoms with Crippen LogP contribution in [0.5, 0.6) is 0 Å². The molecule has 2 N–H and O–H groups in total. The summed E-state index contributed by atoms with van der Waals surface area (Å²) in [5.41, 5.74) is 5.87. The van der Waals surface area contributed by atoms with Gasteiger partial charge in [-0.2, -0.15) is 0 Å². The fourth-order valence-corrected chi connectivity index (χ4v) is 3.15. The number of esters is 1. The molecule has 0 aromatic heterocycles. The zero-order valence-electron chi connectivity index (χ0n) is 11.6. The van der Waals surface area contributed by atoms with Gasteiger partial charge in [0, 0.05) is 18.5 Å². The number of amides is 1. The van der Waals surface area contributed by atoms with Crippen LogP contribution in [0.25, 0.3) is 0 Å². The highest BCUT2D eigenvalue weighted by molar-refractivity contribution is 5.86. The Balaban J connectivity index is 2.02. The SMILES string of the molecule is CCOC(=O)C1CCCCN1C(=O)C1CCC(N)C1. The Labute approximate surface area is 114 Å². The molecule has 3 unspecified atom stereocenters. The standard InChI is InChI=1S/C14H24N2O3/c1-2-19-14(18)12-5-3-4-8-16(12)13(17)10-6-7-11(15)9-10/h10-12H,2-9,15H2,1H3. The van der Waals surface area contributed by atoms with Crippen molar-refractivity contribution in [2.75, 3.05) is 13.2 Å². The van der Waals surface area contributed by atoms with Crippen LogP contribution in [-0.2, 0) is 14.3 Å². The summed E-state index contributed by atoms with van der Waals surface area (Å²) in [4.78, 5) is 26.2. The summed E-state index contributed by atoms with van der Waals surface area (Å²) in [6, 6.07) is -0.238. The van der Waals surface area contributed by atoms with Crippen molar-refractivity contribution >= 4 is 11.9 Å². The fraction of sp³-hybridized carbons (Fsp3) is 0.857. The summed E-state index contributed by atoms with van der Waals surface area (Å²) in [5, 5.41) is 0. The minimum Gasteiger partial charge on any atom is -0.464 e. The lowest BCUT2D eigenvalue weighted by Crippen LogP contribution is -2.50. The molecule has 1 aliphatic heterocycles. The first-order valence-corrected chi connectivity index (χ1v) is 7.36. The van der Waals surface area contributed by atoms with Crippen molar-refractivity contribution in [2.24, 2.45) is 11.7 Å². The number of carbonyl (C=O) groups excluding carboxylic acids is 2. The van der Waals surface area contributed by atoms with E-state index in [0.717, 1.165) is 38.5 Å². The van der Waals surface area contributed by atoms with Crippen LogP contribution in [0.2, 0.25) is 0 Å². The first kappa shape index (κ1) is 14.3. The highest BCUT2D eigenvalue weighted by atomic mass is 16.5. The van der Waals surface area contributed by atoms with Crippen LogP contribution in [0.15, 0.2) is 0 Å². The van der Waals surface area contributed by atoms with Gasteiger partial charge in [-0.05, 0) is 45.4 Å². The molecule has 108 valence electrons. The minimum absolute atomic E-state index is 0.00465. The van der Waals surface area contributed by atoms with E-state index in [0.29, 0.717) is 13.2 Å². The number of ether oxygens (including phenoxy) is 1. The number of likely N-dealkylation sites (tertiary alicyclic amines) is 1. The number of nitrogens with zero attached hydrogens (tertiary/aromatic N) is 1. The van der Waals surface area contributed by atoms with Crippen molar-refractivity contribution in [1.29, 1.82) is 0 Å². The molecule has 0 aromatic rings. The monoisotopic (exact) mass is 268 g/mol. The van der Waals surface area contributed by atoms with Gasteiger partial charge in [-0.3, -0.25) is 4.79 Å². The zero-order chi connectivity index (χ0) is 13.8. The van der Waals surface area contributed by atoms with Gasteiger partial charge in [0.1, 0.15) is 6.04 Å². The molecule has 1 amide bonds. The maximum atomic E-state index is 12.5. The summed E-state index contributed by atoms with van der Waals surface area (Å²) < 4.78 is 5.09. The Morgan fingerprint density at radius 1 is 1.26 bits per heavy atom. The quantitative estimate of drug-likeness (QED) is 0.777. The molecule has 0 bridgehead atoms. The molecule has 1 heterocycles. The van der Waals surface area contributed by atoms with Gasteiger partial charge >= 0.3 is 5.97 Å². The van der Waals surface area contributed by atoms with Crippen LogP contribution < -0.4 is 5.73 Å². The van der Waals surface area contributed by atoms with Crippen molar-refractivity contribution in [3.8, 4) is 0 Å². The van der Waals surface area contributed by atoms with E-state index in [1.807, 2.05) is 0 Å². The molecule has 2 aliphatic rings. The number of rotatable bonds is 3. The lowest BCUT2D eigenvalue weighted by molar-refractivity contribution is -0.158. The lowest BCUT2D eigenvalue weighted by Gasteiger charge is -2.35. The molecule has 3 atom stereocenters. The van der Waals surface area contributed by atoms with Crippen molar-refractivity contribution in [2.45, 2.75) is 57.5 Å². The van der Waals surface area contributed by atoms with E-state index in [2.05, 4.69) is 0 Å². The minimum atomic E-state index is -0.377. The molecule has 0 radical (unpaired) electrons. The number of nitrogens with two attached hydrogens (primary N) is 1. The molecule has 19 heavy (non-hydrogen) atoms. The summed E-state index contributed by atoms with van der Waals surface area (Å²) in [5.74, 6) is -0.145. The normalized spacial score (nSPS) is 31.3. The van der Waals surface area contributed by atoms with E-state index in [-0.39, 0.29) is 29.9 Å².